The molecular formula is C11H19NO2. The molecule has 1 heterocycles. The highest BCUT2D eigenvalue weighted by atomic mass is 16.4. The van der Waals surface area contributed by atoms with Gasteiger partial charge in [-0.2, -0.15) is 0 Å². The van der Waals surface area contributed by atoms with Crippen LogP contribution >= 0.6 is 0 Å². The third kappa shape index (κ3) is 1.34. The summed E-state index contributed by atoms with van der Waals surface area (Å²) >= 11 is 0. The van der Waals surface area contributed by atoms with E-state index >= 15 is 0 Å². The molecule has 3 nitrogen and oxygen atoms in total. The van der Waals surface area contributed by atoms with Crippen LogP contribution in [0.25, 0.3) is 0 Å². The molecule has 2 atom stereocenters. The smallest absolute Gasteiger partial charge is 0.324 e. The second-order valence-corrected chi connectivity index (χ2v) is 4.91. The topological polar surface area (TPSA) is 40.5 Å². The van der Waals surface area contributed by atoms with E-state index in [1.54, 1.807) is 0 Å². The molecular weight excluding hydrogens is 178 g/mol. The van der Waals surface area contributed by atoms with Gasteiger partial charge in [0.25, 0.3) is 0 Å². The van der Waals surface area contributed by atoms with E-state index in [9.17, 15) is 9.90 Å². The van der Waals surface area contributed by atoms with E-state index in [1.165, 1.54) is 0 Å². The van der Waals surface area contributed by atoms with E-state index in [2.05, 4.69) is 11.8 Å². The summed E-state index contributed by atoms with van der Waals surface area (Å²) in [5.74, 6) is -0.241. The van der Waals surface area contributed by atoms with Crippen LogP contribution in [-0.4, -0.2) is 34.1 Å². The quantitative estimate of drug-likeness (QED) is 0.749. The van der Waals surface area contributed by atoms with Crippen LogP contribution in [-0.2, 0) is 4.79 Å². The Morgan fingerprint density at radius 2 is 2.07 bits per heavy atom. The Bertz CT molecular complexity index is 250. The van der Waals surface area contributed by atoms with Crippen molar-refractivity contribution in [3.05, 3.63) is 0 Å². The van der Waals surface area contributed by atoms with E-state index in [-0.39, 0.29) is 0 Å². The number of carboxylic acid groups (broad SMARTS) is 1. The molecule has 2 rings (SSSR count). The first-order valence-corrected chi connectivity index (χ1v) is 5.57. The summed E-state index contributed by atoms with van der Waals surface area (Å²) in [7, 11) is 0. The van der Waals surface area contributed by atoms with Crippen LogP contribution in [0.2, 0.25) is 0 Å². The minimum atomic E-state index is -0.631. The minimum Gasteiger partial charge on any atom is -0.480 e. The summed E-state index contributed by atoms with van der Waals surface area (Å²) in [6.45, 7) is 5.02. The van der Waals surface area contributed by atoms with Gasteiger partial charge in [-0.1, -0.05) is 0 Å². The molecule has 1 aliphatic heterocycles. The predicted octanol–water partition coefficient (Wildman–Crippen LogP) is 1.72. The van der Waals surface area contributed by atoms with Crippen molar-refractivity contribution in [1.82, 2.24) is 4.90 Å². The number of rotatable bonds is 3. The van der Waals surface area contributed by atoms with Crippen LogP contribution in [0.15, 0.2) is 0 Å². The number of carboxylic acids is 1. The minimum absolute atomic E-state index is 0.389. The van der Waals surface area contributed by atoms with Gasteiger partial charge in [0.2, 0.25) is 0 Å². The Hall–Kier alpha value is -0.570. The molecule has 80 valence electrons. The van der Waals surface area contributed by atoms with Crippen LogP contribution < -0.4 is 0 Å². The fourth-order valence-electron chi connectivity index (χ4n) is 2.80. The van der Waals surface area contributed by atoms with Crippen molar-refractivity contribution in [1.29, 1.82) is 0 Å². The number of hydrogen-bond acceptors (Lipinski definition) is 2. The highest BCUT2D eigenvalue weighted by Crippen LogP contribution is 2.45. The monoisotopic (exact) mass is 197 g/mol. The Labute approximate surface area is 85.1 Å². The Kier molecular flexibility index (Phi) is 2.30. The van der Waals surface area contributed by atoms with Crippen molar-refractivity contribution < 1.29 is 9.90 Å². The molecule has 0 spiro atoms. The lowest BCUT2D eigenvalue weighted by Gasteiger charge is -2.38. The van der Waals surface area contributed by atoms with E-state index < -0.39 is 11.5 Å². The van der Waals surface area contributed by atoms with E-state index in [1.807, 2.05) is 6.92 Å². The standard InChI is InChI=1S/C11H19NO2/c1-8-4-3-7-12(8)11(2,10(13)14)9-5-6-9/h8-9H,3-7H2,1-2H3,(H,13,14). The number of likely N-dealkylation sites (tertiary alicyclic amines) is 1. The van der Waals surface area contributed by atoms with Crippen LogP contribution in [0, 0.1) is 5.92 Å². The Balaban J connectivity index is 2.21. The third-order valence-electron chi connectivity index (χ3n) is 3.95. The lowest BCUT2D eigenvalue weighted by molar-refractivity contribution is -0.152. The number of hydrogen-bond donors (Lipinski definition) is 1. The SMILES string of the molecule is CC1CCCN1C(C)(C(=O)O)C1CC1. The molecule has 0 aromatic heterocycles. The van der Waals surface area contributed by atoms with Gasteiger partial charge >= 0.3 is 5.97 Å². The molecule has 1 saturated carbocycles. The van der Waals surface area contributed by atoms with Crippen molar-refractivity contribution in [2.45, 2.75) is 51.1 Å². The number of nitrogens with zero attached hydrogens (tertiary/aromatic N) is 1. The first-order valence-electron chi connectivity index (χ1n) is 5.57. The van der Waals surface area contributed by atoms with Gasteiger partial charge in [-0.15, -0.1) is 0 Å². The third-order valence-corrected chi connectivity index (χ3v) is 3.95. The van der Waals surface area contributed by atoms with Gasteiger partial charge in [0.1, 0.15) is 5.54 Å². The average molecular weight is 197 g/mol. The average Bonchev–Trinajstić information content (AvgIpc) is 2.88. The van der Waals surface area contributed by atoms with E-state index in [0.29, 0.717) is 12.0 Å². The van der Waals surface area contributed by atoms with Crippen LogP contribution in [0.1, 0.15) is 39.5 Å². The van der Waals surface area contributed by atoms with Gasteiger partial charge in [0, 0.05) is 6.04 Å². The zero-order valence-electron chi connectivity index (χ0n) is 8.99. The molecule has 1 N–H and O–H groups in total. The van der Waals surface area contributed by atoms with Gasteiger partial charge in [0.05, 0.1) is 0 Å². The molecule has 0 radical (unpaired) electrons. The highest BCUT2D eigenvalue weighted by Gasteiger charge is 2.53. The zero-order chi connectivity index (χ0) is 10.3. The highest BCUT2D eigenvalue weighted by molar-refractivity contribution is 5.79. The van der Waals surface area contributed by atoms with Crippen LogP contribution in [0.3, 0.4) is 0 Å². The van der Waals surface area contributed by atoms with Crippen molar-refractivity contribution in [2.75, 3.05) is 6.54 Å². The van der Waals surface area contributed by atoms with Crippen molar-refractivity contribution >= 4 is 5.97 Å². The summed E-state index contributed by atoms with van der Waals surface area (Å²) in [6.07, 6.45) is 4.48. The zero-order valence-corrected chi connectivity index (χ0v) is 8.99. The first kappa shape index (κ1) is 9.97. The maximum atomic E-state index is 11.4. The summed E-state index contributed by atoms with van der Waals surface area (Å²) in [5.41, 5.74) is -0.587. The predicted molar refractivity (Wildman–Crippen MR) is 54.2 cm³/mol. The summed E-state index contributed by atoms with van der Waals surface area (Å²) in [4.78, 5) is 13.6. The number of carbonyl (C=O) groups is 1. The molecule has 2 aliphatic rings. The molecule has 2 unspecified atom stereocenters. The van der Waals surface area contributed by atoms with Crippen LogP contribution in [0.5, 0.6) is 0 Å². The second kappa shape index (κ2) is 3.23. The Morgan fingerprint density at radius 3 is 2.43 bits per heavy atom. The van der Waals surface area contributed by atoms with Crippen molar-refractivity contribution in [3.63, 3.8) is 0 Å². The molecule has 0 bridgehead atoms. The summed E-state index contributed by atoms with van der Waals surface area (Å²) in [5, 5.41) is 9.38. The summed E-state index contributed by atoms with van der Waals surface area (Å²) in [6, 6.07) is 0.441. The molecule has 2 fully saturated rings. The van der Waals surface area contributed by atoms with Gasteiger partial charge < -0.3 is 5.11 Å². The second-order valence-electron chi connectivity index (χ2n) is 4.91. The maximum absolute atomic E-state index is 11.4. The molecule has 0 aromatic carbocycles. The molecule has 1 aliphatic carbocycles. The van der Waals surface area contributed by atoms with E-state index in [0.717, 1.165) is 32.2 Å². The first-order chi connectivity index (χ1) is 6.56. The Morgan fingerprint density at radius 1 is 1.43 bits per heavy atom. The van der Waals surface area contributed by atoms with E-state index in [4.69, 9.17) is 0 Å². The molecule has 3 heteroatoms. The van der Waals surface area contributed by atoms with Crippen LogP contribution in [0.4, 0.5) is 0 Å². The normalized spacial score (nSPS) is 32.9. The molecule has 14 heavy (non-hydrogen) atoms. The maximum Gasteiger partial charge on any atom is 0.324 e. The van der Waals surface area contributed by atoms with Gasteiger partial charge in [0.15, 0.2) is 0 Å². The molecule has 0 amide bonds. The van der Waals surface area contributed by atoms with Gasteiger partial charge in [-0.3, -0.25) is 9.69 Å². The lowest BCUT2D eigenvalue weighted by atomic mass is 9.93. The fourth-order valence-corrected chi connectivity index (χ4v) is 2.80. The summed E-state index contributed by atoms with van der Waals surface area (Å²) < 4.78 is 0. The largest absolute Gasteiger partial charge is 0.480 e. The number of aliphatic carboxylic acids is 1. The molecule has 0 aromatic rings. The van der Waals surface area contributed by atoms with Crippen molar-refractivity contribution in [2.24, 2.45) is 5.92 Å². The van der Waals surface area contributed by atoms with Gasteiger partial charge in [-0.05, 0) is 52.0 Å². The van der Waals surface area contributed by atoms with Gasteiger partial charge in [-0.25, -0.2) is 0 Å². The molecule has 1 saturated heterocycles. The lowest BCUT2D eigenvalue weighted by Crippen LogP contribution is -2.55. The fraction of sp³-hybridized carbons (Fsp3) is 0.909. The van der Waals surface area contributed by atoms with Crippen molar-refractivity contribution in [3.8, 4) is 0 Å².